The Kier molecular flexibility index (Phi) is 4.15. The highest BCUT2D eigenvalue weighted by Gasteiger charge is 2.08. The second-order valence-electron chi connectivity index (χ2n) is 5.98. The highest BCUT2D eigenvalue weighted by Crippen LogP contribution is 2.16. The molecule has 4 heteroatoms. The Morgan fingerprint density at radius 1 is 1.13 bits per heavy atom. The number of fused-ring (bicyclic) bond motifs is 1. The zero-order chi connectivity index (χ0) is 16.4. The molecule has 0 fully saturated rings. The van der Waals surface area contributed by atoms with Crippen LogP contribution in [0, 0.1) is 13.8 Å². The molecule has 118 valence electrons. The van der Waals surface area contributed by atoms with Crippen molar-refractivity contribution in [3.63, 3.8) is 0 Å². The summed E-state index contributed by atoms with van der Waals surface area (Å²) in [6, 6.07) is 14.2. The summed E-state index contributed by atoms with van der Waals surface area (Å²) in [5, 5.41) is 2.97. The van der Waals surface area contributed by atoms with Gasteiger partial charge in [0.15, 0.2) is 0 Å². The Morgan fingerprint density at radius 2 is 1.96 bits per heavy atom. The number of nitrogens with zero attached hydrogens (tertiary/aromatic N) is 2. The summed E-state index contributed by atoms with van der Waals surface area (Å²) in [4.78, 5) is 16.7. The molecule has 0 aliphatic carbocycles. The normalized spacial score (nSPS) is 10.9. The Balaban J connectivity index is 1.65. The maximum atomic E-state index is 12.1. The monoisotopic (exact) mass is 307 g/mol. The Hall–Kier alpha value is -2.62. The number of hydrogen-bond donors (Lipinski definition) is 1. The van der Waals surface area contributed by atoms with Crippen molar-refractivity contribution in [2.45, 2.75) is 26.8 Å². The third-order valence-corrected chi connectivity index (χ3v) is 4.11. The summed E-state index contributed by atoms with van der Waals surface area (Å²) in [6.45, 7) is 4.59. The molecule has 23 heavy (non-hydrogen) atoms. The Morgan fingerprint density at radius 3 is 2.74 bits per heavy atom. The van der Waals surface area contributed by atoms with Crippen LogP contribution in [-0.2, 0) is 24.8 Å². The van der Waals surface area contributed by atoms with Gasteiger partial charge in [0, 0.05) is 13.6 Å². The van der Waals surface area contributed by atoms with E-state index in [1.54, 1.807) is 0 Å². The molecule has 0 aliphatic heterocycles. The lowest BCUT2D eigenvalue weighted by Gasteiger charge is -2.06. The summed E-state index contributed by atoms with van der Waals surface area (Å²) in [5.74, 6) is 1.000. The third kappa shape index (κ3) is 3.42. The first-order valence-corrected chi connectivity index (χ1v) is 7.77. The third-order valence-electron chi connectivity index (χ3n) is 4.11. The van der Waals surface area contributed by atoms with Crippen LogP contribution in [0.15, 0.2) is 42.5 Å². The first-order chi connectivity index (χ1) is 11.0. The first kappa shape index (κ1) is 15.3. The lowest BCUT2D eigenvalue weighted by atomic mass is 10.1. The van der Waals surface area contributed by atoms with Crippen molar-refractivity contribution >= 4 is 16.9 Å². The smallest absolute Gasteiger partial charge is 0.224 e. The minimum atomic E-state index is 0.0264. The number of nitrogens with one attached hydrogen (secondary N) is 1. The van der Waals surface area contributed by atoms with Gasteiger partial charge in [-0.1, -0.05) is 35.9 Å². The fourth-order valence-corrected chi connectivity index (χ4v) is 2.75. The van der Waals surface area contributed by atoms with Gasteiger partial charge < -0.3 is 9.88 Å². The van der Waals surface area contributed by atoms with Crippen molar-refractivity contribution in [1.29, 1.82) is 0 Å². The number of aryl methyl sites for hydroxylation is 3. The van der Waals surface area contributed by atoms with Crippen LogP contribution in [0.1, 0.15) is 22.5 Å². The standard InChI is InChI=1S/C19H21N3O/c1-13-5-4-6-16(9-13)12-20-19(23)11-15-7-8-18-17(10-15)21-14(2)22(18)3/h4-10H,11-12H2,1-3H3,(H,20,23). The number of imidazole rings is 1. The molecule has 0 unspecified atom stereocenters. The summed E-state index contributed by atoms with van der Waals surface area (Å²) >= 11 is 0. The number of benzene rings is 2. The van der Waals surface area contributed by atoms with Crippen molar-refractivity contribution in [2.75, 3.05) is 0 Å². The van der Waals surface area contributed by atoms with Crippen LogP contribution in [0.25, 0.3) is 11.0 Å². The molecule has 1 aromatic heterocycles. The van der Waals surface area contributed by atoms with E-state index in [1.165, 1.54) is 5.56 Å². The topological polar surface area (TPSA) is 46.9 Å². The van der Waals surface area contributed by atoms with Crippen LogP contribution in [0.5, 0.6) is 0 Å². The molecular weight excluding hydrogens is 286 g/mol. The molecule has 1 N–H and O–H groups in total. The van der Waals surface area contributed by atoms with Crippen LogP contribution in [0.3, 0.4) is 0 Å². The largest absolute Gasteiger partial charge is 0.352 e. The predicted molar refractivity (Wildman–Crippen MR) is 92.2 cm³/mol. The SMILES string of the molecule is Cc1cccc(CNC(=O)Cc2ccc3c(c2)nc(C)n3C)c1. The van der Waals surface area contributed by atoms with E-state index in [2.05, 4.69) is 33.9 Å². The fourth-order valence-electron chi connectivity index (χ4n) is 2.75. The molecule has 0 radical (unpaired) electrons. The zero-order valence-corrected chi connectivity index (χ0v) is 13.8. The summed E-state index contributed by atoms with van der Waals surface area (Å²) in [7, 11) is 2.00. The molecule has 0 aliphatic rings. The molecule has 1 amide bonds. The van der Waals surface area contributed by atoms with E-state index in [1.807, 2.05) is 44.3 Å². The van der Waals surface area contributed by atoms with Gasteiger partial charge in [0.1, 0.15) is 5.82 Å². The molecule has 0 bridgehead atoms. The highest BCUT2D eigenvalue weighted by atomic mass is 16.1. The molecule has 3 rings (SSSR count). The van der Waals surface area contributed by atoms with E-state index in [9.17, 15) is 4.79 Å². The van der Waals surface area contributed by atoms with Crippen molar-refractivity contribution < 1.29 is 4.79 Å². The number of carbonyl (C=O) groups is 1. The molecule has 0 saturated carbocycles. The average Bonchev–Trinajstić information content (AvgIpc) is 2.80. The van der Waals surface area contributed by atoms with E-state index in [0.717, 1.165) is 28.0 Å². The lowest BCUT2D eigenvalue weighted by Crippen LogP contribution is -2.24. The maximum absolute atomic E-state index is 12.1. The summed E-state index contributed by atoms with van der Waals surface area (Å²) in [6.07, 6.45) is 0.372. The van der Waals surface area contributed by atoms with Gasteiger partial charge in [-0.15, -0.1) is 0 Å². The van der Waals surface area contributed by atoms with Crippen LogP contribution in [-0.4, -0.2) is 15.5 Å². The first-order valence-electron chi connectivity index (χ1n) is 7.77. The van der Waals surface area contributed by atoms with Crippen LogP contribution in [0.4, 0.5) is 0 Å². The summed E-state index contributed by atoms with van der Waals surface area (Å²) < 4.78 is 2.05. The quantitative estimate of drug-likeness (QED) is 0.805. The van der Waals surface area contributed by atoms with E-state index in [-0.39, 0.29) is 5.91 Å². The lowest BCUT2D eigenvalue weighted by molar-refractivity contribution is -0.120. The molecule has 3 aromatic rings. The minimum absolute atomic E-state index is 0.0264. The van der Waals surface area contributed by atoms with Crippen molar-refractivity contribution in [3.8, 4) is 0 Å². The molecule has 4 nitrogen and oxygen atoms in total. The van der Waals surface area contributed by atoms with Crippen LogP contribution < -0.4 is 5.32 Å². The number of aromatic nitrogens is 2. The average molecular weight is 307 g/mol. The second-order valence-corrected chi connectivity index (χ2v) is 5.98. The van der Waals surface area contributed by atoms with Crippen molar-refractivity contribution in [3.05, 3.63) is 65.0 Å². The fraction of sp³-hybridized carbons (Fsp3) is 0.263. The van der Waals surface area contributed by atoms with Gasteiger partial charge in [-0.3, -0.25) is 4.79 Å². The molecule has 2 aromatic carbocycles. The van der Waals surface area contributed by atoms with Gasteiger partial charge in [-0.2, -0.15) is 0 Å². The van der Waals surface area contributed by atoms with Crippen molar-refractivity contribution in [2.24, 2.45) is 7.05 Å². The van der Waals surface area contributed by atoms with Crippen LogP contribution >= 0.6 is 0 Å². The molecule has 0 spiro atoms. The van der Waals surface area contributed by atoms with E-state index in [0.29, 0.717) is 13.0 Å². The maximum Gasteiger partial charge on any atom is 0.224 e. The molecule has 0 atom stereocenters. The molecule has 0 saturated heterocycles. The Bertz CT molecular complexity index is 864. The highest BCUT2D eigenvalue weighted by molar-refractivity contribution is 5.82. The summed E-state index contributed by atoms with van der Waals surface area (Å²) in [5.41, 5.74) is 5.33. The van der Waals surface area contributed by atoms with E-state index >= 15 is 0 Å². The van der Waals surface area contributed by atoms with Gasteiger partial charge in [-0.05, 0) is 37.1 Å². The van der Waals surface area contributed by atoms with Crippen LogP contribution in [0.2, 0.25) is 0 Å². The second kappa shape index (κ2) is 6.24. The van der Waals surface area contributed by atoms with Gasteiger partial charge in [0.25, 0.3) is 0 Å². The minimum Gasteiger partial charge on any atom is -0.352 e. The van der Waals surface area contributed by atoms with Gasteiger partial charge in [0.2, 0.25) is 5.91 Å². The van der Waals surface area contributed by atoms with Gasteiger partial charge >= 0.3 is 0 Å². The number of carbonyl (C=O) groups excluding carboxylic acids is 1. The number of amides is 1. The van der Waals surface area contributed by atoms with Crippen molar-refractivity contribution in [1.82, 2.24) is 14.9 Å². The predicted octanol–water partition coefficient (Wildman–Crippen LogP) is 3.05. The molecule has 1 heterocycles. The van der Waals surface area contributed by atoms with E-state index < -0.39 is 0 Å². The molecular formula is C19H21N3O. The van der Waals surface area contributed by atoms with Gasteiger partial charge in [0.05, 0.1) is 17.5 Å². The van der Waals surface area contributed by atoms with Gasteiger partial charge in [-0.25, -0.2) is 4.98 Å². The Labute approximate surface area is 136 Å². The zero-order valence-electron chi connectivity index (χ0n) is 13.8. The number of hydrogen-bond acceptors (Lipinski definition) is 2. The number of rotatable bonds is 4. The van der Waals surface area contributed by atoms with E-state index in [4.69, 9.17) is 0 Å².